The van der Waals surface area contributed by atoms with Crippen LogP contribution in [0.25, 0.3) is 0 Å². The number of carbonyl (C=O) groups excluding carboxylic acids is 3. The van der Waals surface area contributed by atoms with Crippen molar-refractivity contribution in [1.82, 2.24) is 10.2 Å². The molecule has 2 saturated heterocycles. The maximum atomic E-state index is 14.2. The van der Waals surface area contributed by atoms with Crippen LogP contribution in [0.4, 0.5) is 10.1 Å². The predicted octanol–water partition coefficient (Wildman–Crippen LogP) is 8.59. The van der Waals surface area contributed by atoms with Gasteiger partial charge in [0.1, 0.15) is 23.1 Å². The summed E-state index contributed by atoms with van der Waals surface area (Å²) < 4.78 is 26.4. The van der Waals surface area contributed by atoms with E-state index in [1.807, 2.05) is 50.2 Å². The van der Waals surface area contributed by atoms with Crippen LogP contribution in [0.5, 0.6) is 17.2 Å². The number of rotatable bonds is 15. The number of carbonyl (C=O) groups is 3. The minimum Gasteiger partial charge on any atom is -0.508 e. The molecule has 0 spiro atoms. The Balaban J connectivity index is 0.852. The van der Waals surface area contributed by atoms with E-state index in [4.69, 9.17) is 9.47 Å². The number of nitrogens with zero attached hydrogens (tertiary/aromatic N) is 2. The summed E-state index contributed by atoms with van der Waals surface area (Å²) in [5.74, 6) is 0.150. The molecule has 5 unspecified atom stereocenters. The molecule has 0 aromatic heterocycles. The van der Waals surface area contributed by atoms with E-state index in [1.54, 1.807) is 19.1 Å². The van der Waals surface area contributed by atoms with Crippen molar-refractivity contribution in [1.29, 1.82) is 0 Å². The van der Waals surface area contributed by atoms with Crippen LogP contribution in [0.3, 0.4) is 0 Å². The zero-order valence-electron chi connectivity index (χ0n) is 34.8. The van der Waals surface area contributed by atoms with Crippen molar-refractivity contribution in [2.45, 2.75) is 78.1 Å². The number of imide groups is 1. The number of hydrogen-bond acceptors (Lipinski definition) is 8. The predicted molar refractivity (Wildman–Crippen MR) is 228 cm³/mol. The number of phenols is 1. The summed E-state index contributed by atoms with van der Waals surface area (Å²) in [5.41, 5.74) is 6.65. The normalized spacial score (nSPS) is 20.6. The molecule has 9 nitrogen and oxygen atoms in total. The van der Waals surface area contributed by atoms with E-state index in [0.717, 1.165) is 97.7 Å². The number of amides is 2. The molecular weight excluding hydrogens is 746 g/mol. The fourth-order valence-corrected chi connectivity index (χ4v) is 9.16. The van der Waals surface area contributed by atoms with Gasteiger partial charge in [0, 0.05) is 79.2 Å². The first kappa shape index (κ1) is 41.9. The lowest BCUT2D eigenvalue weighted by molar-refractivity contribution is -0.137. The number of benzene rings is 4. The molecule has 3 aliphatic heterocycles. The van der Waals surface area contributed by atoms with Gasteiger partial charge < -0.3 is 19.5 Å². The molecule has 5 atom stereocenters. The standard InChI is InChI=1S/C49H58FN3O6/c1-5-34-28-37(12-16-41(34)48(56)33(4)32(3)40-18-20-46(55)51-49(40)57)53-24-22-52(23-25-53)21-7-6-8-26-58-39-14-9-35(10-15-39)47-42-17-13-38(54)29-45(42)59-30-43(47)36-11-19-44(50)31(2)27-36/h9-17,19,27-29,32-33,40,43,47,54H,5-8,18,20-26,30H2,1-4H3,(H,51,55,57). The lowest BCUT2D eigenvalue weighted by Gasteiger charge is -2.36. The van der Waals surface area contributed by atoms with E-state index in [1.165, 1.54) is 6.07 Å². The van der Waals surface area contributed by atoms with Crippen LogP contribution in [-0.2, 0) is 16.0 Å². The van der Waals surface area contributed by atoms with Crippen molar-refractivity contribution in [3.63, 3.8) is 0 Å². The number of fused-ring (bicyclic) bond motifs is 1. The largest absolute Gasteiger partial charge is 0.508 e. The summed E-state index contributed by atoms with van der Waals surface area (Å²) >= 11 is 0. The lowest BCUT2D eigenvalue weighted by Crippen LogP contribution is -2.46. The quantitative estimate of drug-likeness (QED) is 0.0700. The van der Waals surface area contributed by atoms with Crippen LogP contribution in [0, 0.1) is 30.5 Å². The first-order valence-electron chi connectivity index (χ1n) is 21.4. The van der Waals surface area contributed by atoms with E-state index in [-0.39, 0.29) is 58.8 Å². The fourth-order valence-electron chi connectivity index (χ4n) is 9.16. The minimum absolute atomic E-state index is 0.0159. The summed E-state index contributed by atoms with van der Waals surface area (Å²) in [6.07, 6.45) is 4.73. The van der Waals surface area contributed by atoms with Gasteiger partial charge in [-0.15, -0.1) is 0 Å². The number of aromatic hydroxyl groups is 1. The van der Waals surface area contributed by atoms with Crippen LogP contribution >= 0.6 is 0 Å². The molecule has 312 valence electrons. The first-order valence-corrected chi connectivity index (χ1v) is 21.4. The highest BCUT2D eigenvalue weighted by Gasteiger charge is 2.37. The van der Waals surface area contributed by atoms with Crippen LogP contribution in [0.2, 0.25) is 0 Å². The Labute approximate surface area is 347 Å². The number of ketones is 1. The fraction of sp³-hybridized carbons (Fsp3) is 0.449. The Morgan fingerprint density at radius 1 is 0.932 bits per heavy atom. The Hall–Kier alpha value is -5.22. The van der Waals surface area contributed by atoms with Gasteiger partial charge in [0.25, 0.3) is 0 Å². The van der Waals surface area contributed by atoms with Gasteiger partial charge >= 0.3 is 0 Å². The summed E-state index contributed by atoms with van der Waals surface area (Å²) in [6, 6.07) is 25.0. The number of Topliss-reactive ketones (excluding diaryl/α,β-unsaturated/α-hetero) is 1. The number of piperidine rings is 1. The SMILES string of the molecule is CCc1cc(N2CCN(CCCCCOc3ccc(C4c5ccc(O)cc5OCC4c4ccc(F)c(C)c4)cc3)CC2)ccc1C(=O)C(C)C(C)C1CCC(=O)NC1=O. The van der Waals surface area contributed by atoms with Crippen molar-refractivity contribution in [3.05, 3.63) is 118 Å². The second kappa shape index (κ2) is 18.8. The van der Waals surface area contributed by atoms with Crippen molar-refractivity contribution in [2.24, 2.45) is 17.8 Å². The molecule has 3 aliphatic rings. The summed E-state index contributed by atoms with van der Waals surface area (Å²) in [4.78, 5) is 42.7. The molecule has 4 aromatic rings. The number of piperazine rings is 1. The number of phenolic OH excluding ortho intramolecular Hbond substituents is 1. The molecule has 2 fully saturated rings. The number of nitrogens with one attached hydrogen (secondary N) is 1. The Morgan fingerprint density at radius 2 is 1.69 bits per heavy atom. The molecule has 2 N–H and O–H groups in total. The van der Waals surface area contributed by atoms with Gasteiger partial charge in [-0.05, 0) is 116 Å². The molecule has 7 rings (SSSR count). The highest BCUT2D eigenvalue weighted by Crippen LogP contribution is 2.47. The third-order valence-electron chi connectivity index (χ3n) is 13.0. The highest BCUT2D eigenvalue weighted by molar-refractivity contribution is 6.01. The van der Waals surface area contributed by atoms with Crippen LogP contribution in [0.15, 0.2) is 78.9 Å². The van der Waals surface area contributed by atoms with Gasteiger partial charge in [0.15, 0.2) is 5.78 Å². The van der Waals surface area contributed by atoms with E-state index in [9.17, 15) is 23.9 Å². The molecule has 2 amide bonds. The highest BCUT2D eigenvalue weighted by atomic mass is 19.1. The van der Waals surface area contributed by atoms with Crippen LogP contribution in [-0.4, -0.2) is 73.5 Å². The molecule has 3 heterocycles. The lowest BCUT2D eigenvalue weighted by atomic mass is 9.75. The van der Waals surface area contributed by atoms with Gasteiger partial charge in [-0.3, -0.25) is 24.6 Å². The number of halogens is 1. The third kappa shape index (κ3) is 9.65. The van der Waals surface area contributed by atoms with E-state index in [0.29, 0.717) is 37.4 Å². The molecule has 0 saturated carbocycles. The maximum Gasteiger partial charge on any atom is 0.229 e. The summed E-state index contributed by atoms with van der Waals surface area (Å²) in [7, 11) is 0. The number of unbranched alkanes of at least 4 members (excludes halogenated alkanes) is 2. The molecule has 0 radical (unpaired) electrons. The number of aryl methyl sites for hydroxylation is 2. The maximum absolute atomic E-state index is 14.2. The van der Waals surface area contributed by atoms with Crippen molar-refractivity contribution in [3.8, 4) is 17.2 Å². The summed E-state index contributed by atoms with van der Waals surface area (Å²) in [6.45, 7) is 13.7. The van der Waals surface area contributed by atoms with Gasteiger partial charge in [-0.2, -0.15) is 0 Å². The van der Waals surface area contributed by atoms with E-state index < -0.39 is 0 Å². The topological polar surface area (TPSA) is 108 Å². The number of anilines is 1. The molecule has 59 heavy (non-hydrogen) atoms. The van der Waals surface area contributed by atoms with E-state index >= 15 is 0 Å². The molecule has 0 aliphatic carbocycles. The monoisotopic (exact) mass is 803 g/mol. The first-order chi connectivity index (χ1) is 28.5. The zero-order chi connectivity index (χ0) is 41.6. The second-order valence-electron chi connectivity index (χ2n) is 16.7. The van der Waals surface area contributed by atoms with Crippen molar-refractivity contribution in [2.75, 3.05) is 50.8 Å². The van der Waals surface area contributed by atoms with Crippen molar-refractivity contribution < 1.29 is 33.4 Å². The molecule has 10 heteroatoms. The van der Waals surface area contributed by atoms with Gasteiger partial charge in [0.2, 0.25) is 11.8 Å². The van der Waals surface area contributed by atoms with E-state index in [2.05, 4.69) is 46.3 Å². The van der Waals surface area contributed by atoms with Gasteiger partial charge in [0.05, 0.1) is 13.2 Å². The Kier molecular flexibility index (Phi) is 13.4. The van der Waals surface area contributed by atoms with Crippen LogP contribution in [0.1, 0.15) is 103 Å². The van der Waals surface area contributed by atoms with Gasteiger partial charge in [-0.1, -0.05) is 51.1 Å². The zero-order valence-corrected chi connectivity index (χ0v) is 34.8. The summed E-state index contributed by atoms with van der Waals surface area (Å²) in [5, 5.41) is 12.6. The Morgan fingerprint density at radius 3 is 2.42 bits per heavy atom. The molecule has 4 aromatic carbocycles. The molecular formula is C49H58FN3O6. The smallest absolute Gasteiger partial charge is 0.229 e. The third-order valence-corrected chi connectivity index (χ3v) is 13.0. The average molecular weight is 804 g/mol. The molecule has 0 bridgehead atoms. The van der Waals surface area contributed by atoms with Crippen LogP contribution < -0.4 is 19.7 Å². The second-order valence-corrected chi connectivity index (χ2v) is 16.7. The number of hydrogen-bond donors (Lipinski definition) is 2. The Bertz CT molecular complexity index is 2130. The average Bonchev–Trinajstić information content (AvgIpc) is 3.25. The minimum atomic E-state index is -0.332. The number of ether oxygens (including phenoxy) is 2. The van der Waals surface area contributed by atoms with Crippen molar-refractivity contribution >= 4 is 23.3 Å². The van der Waals surface area contributed by atoms with Gasteiger partial charge in [-0.25, -0.2) is 4.39 Å².